The zero-order valence-corrected chi connectivity index (χ0v) is 38.7. The second-order valence-electron chi connectivity index (χ2n) is 17.6. The quantitative estimate of drug-likeness (QED) is 0.135. The van der Waals surface area contributed by atoms with Crippen LogP contribution in [0, 0.1) is 0 Å². The standard InChI is InChI=1S/C60H49N6S/c1-4-50-48-31-30-46(39-49(48)56-47-26-17-16-19-40(47)34-35-64(56)60(50,5-2)6-3)66-51-32-28-43(55-27-18-36-67-55)37-53(51)65(45-24-14-9-15-25-45)54-38-44(29-33-52(54)66)59-62-57(41-20-10-7-11-21-41)61-58(63-59)42-22-12-8-13-23-42/h7-39,50H,4-6H2,1-3H3/q+1. The molecule has 67 heavy (non-hydrogen) atoms. The number of anilines is 6. The molecule has 12 rings (SSSR count). The van der Waals surface area contributed by atoms with Crippen molar-refractivity contribution in [2.45, 2.75) is 51.5 Å². The van der Waals surface area contributed by atoms with Gasteiger partial charge in [-0.3, -0.25) is 0 Å². The fourth-order valence-electron chi connectivity index (χ4n) is 11.0. The lowest BCUT2D eigenvalue weighted by atomic mass is 9.69. The molecule has 0 spiro atoms. The average Bonchev–Trinajstić information content (AvgIpc) is 3.95. The smallest absolute Gasteiger partial charge is 0.221 e. The van der Waals surface area contributed by atoms with Crippen molar-refractivity contribution in [2.24, 2.45) is 0 Å². The van der Waals surface area contributed by atoms with E-state index in [0.29, 0.717) is 23.4 Å². The van der Waals surface area contributed by atoms with E-state index >= 15 is 0 Å². The van der Waals surface area contributed by atoms with Gasteiger partial charge in [-0.05, 0) is 95.0 Å². The van der Waals surface area contributed by atoms with Gasteiger partial charge in [-0.1, -0.05) is 136 Å². The SMILES string of the molecule is CCC1c2ccc(N3c4ccc(-c5nc(-c6ccccc6)nc(-c6ccccc6)n5)cc4N(c4ccccc4)c4cc(-c5cccs5)ccc43)cc2-c2c3ccccc3cc[n+]2C1(CC)CC. The third-order valence-electron chi connectivity index (χ3n) is 14.2. The number of hydrogen-bond donors (Lipinski definition) is 0. The molecular formula is C60H49N6S+. The van der Waals surface area contributed by atoms with Crippen LogP contribution in [-0.4, -0.2) is 15.0 Å². The third-order valence-corrected chi connectivity index (χ3v) is 15.2. The molecule has 2 aliphatic rings. The average molecular weight is 886 g/mol. The number of benzene rings is 7. The summed E-state index contributed by atoms with van der Waals surface area (Å²) in [6.45, 7) is 7.11. The summed E-state index contributed by atoms with van der Waals surface area (Å²) in [5.41, 5.74) is 14.4. The Bertz CT molecular complexity index is 3380. The Hall–Kier alpha value is -7.74. The highest BCUT2D eigenvalue weighted by molar-refractivity contribution is 7.13. The molecule has 3 aromatic heterocycles. The molecule has 0 N–H and O–H groups in total. The normalized spacial score (nSPS) is 14.6. The molecule has 5 heterocycles. The maximum atomic E-state index is 5.20. The summed E-state index contributed by atoms with van der Waals surface area (Å²) in [7, 11) is 0. The summed E-state index contributed by atoms with van der Waals surface area (Å²) in [6.07, 6.45) is 5.53. The molecule has 6 nitrogen and oxygen atoms in total. The summed E-state index contributed by atoms with van der Waals surface area (Å²) in [6, 6.07) is 67.7. The van der Waals surface area contributed by atoms with Crippen LogP contribution >= 0.6 is 11.3 Å². The number of para-hydroxylation sites is 1. The highest BCUT2D eigenvalue weighted by Gasteiger charge is 2.51. The Balaban J connectivity index is 1.11. The molecule has 7 aromatic carbocycles. The van der Waals surface area contributed by atoms with Gasteiger partial charge in [0.1, 0.15) is 0 Å². The maximum absolute atomic E-state index is 5.20. The molecule has 0 saturated carbocycles. The van der Waals surface area contributed by atoms with Gasteiger partial charge < -0.3 is 9.80 Å². The minimum atomic E-state index is -0.0342. The van der Waals surface area contributed by atoms with E-state index in [0.717, 1.165) is 70.1 Å². The number of nitrogens with zero attached hydrogens (tertiary/aromatic N) is 6. The zero-order valence-electron chi connectivity index (χ0n) is 37.8. The third kappa shape index (κ3) is 6.67. The number of thiophene rings is 1. The second-order valence-corrected chi connectivity index (χ2v) is 18.5. The van der Waals surface area contributed by atoms with Crippen molar-refractivity contribution in [2.75, 3.05) is 9.80 Å². The van der Waals surface area contributed by atoms with Gasteiger partial charge in [0.15, 0.2) is 29.2 Å². The summed E-state index contributed by atoms with van der Waals surface area (Å²) < 4.78 is 2.65. The monoisotopic (exact) mass is 885 g/mol. The number of pyridine rings is 1. The van der Waals surface area contributed by atoms with Crippen molar-refractivity contribution >= 4 is 56.2 Å². The van der Waals surface area contributed by atoms with Crippen LogP contribution in [0.1, 0.15) is 51.5 Å². The van der Waals surface area contributed by atoms with Gasteiger partial charge >= 0.3 is 0 Å². The largest absolute Gasteiger partial charge is 0.306 e. The van der Waals surface area contributed by atoms with E-state index in [4.69, 9.17) is 15.0 Å². The van der Waals surface area contributed by atoms with Crippen molar-refractivity contribution in [3.05, 3.63) is 205 Å². The highest BCUT2D eigenvalue weighted by Crippen LogP contribution is 2.57. The molecule has 0 saturated heterocycles. The zero-order chi connectivity index (χ0) is 45.1. The van der Waals surface area contributed by atoms with E-state index in [9.17, 15) is 0 Å². The topological polar surface area (TPSA) is 49.0 Å². The van der Waals surface area contributed by atoms with Gasteiger partial charge in [0.05, 0.1) is 33.7 Å². The number of fused-ring (bicyclic) bond motifs is 7. The second kappa shape index (κ2) is 16.6. The molecular weight excluding hydrogens is 837 g/mol. The summed E-state index contributed by atoms with van der Waals surface area (Å²) >= 11 is 1.76. The lowest BCUT2D eigenvalue weighted by molar-refractivity contribution is -0.761. The van der Waals surface area contributed by atoms with E-state index in [-0.39, 0.29) is 5.54 Å². The van der Waals surface area contributed by atoms with Crippen molar-refractivity contribution < 1.29 is 4.57 Å². The molecule has 0 fully saturated rings. The van der Waals surface area contributed by atoms with Gasteiger partial charge in [-0.25, -0.2) is 15.0 Å². The molecule has 0 aliphatic carbocycles. The van der Waals surface area contributed by atoms with Gasteiger partial charge in [0.25, 0.3) is 0 Å². The van der Waals surface area contributed by atoms with Crippen LogP contribution in [-0.2, 0) is 5.54 Å². The fourth-order valence-corrected chi connectivity index (χ4v) is 11.8. The van der Waals surface area contributed by atoms with Crippen LogP contribution in [0.25, 0.3) is 66.6 Å². The molecule has 1 atom stereocenters. The fraction of sp³-hybridized carbons (Fsp3) is 0.133. The maximum Gasteiger partial charge on any atom is 0.221 e. The van der Waals surface area contributed by atoms with Crippen molar-refractivity contribution in [1.29, 1.82) is 0 Å². The number of aromatic nitrogens is 4. The molecule has 1 unspecified atom stereocenters. The number of rotatable bonds is 9. The Morgan fingerprint density at radius 3 is 1.72 bits per heavy atom. The van der Waals surface area contributed by atoms with Crippen LogP contribution in [0.2, 0.25) is 0 Å². The Labute approximate surface area is 396 Å². The Morgan fingerprint density at radius 1 is 0.507 bits per heavy atom. The van der Waals surface area contributed by atoms with Crippen LogP contribution < -0.4 is 14.4 Å². The first kappa shape index (κ1) is 40.7. The first-order valence-corrected chi connectivity index (χ1v) is 24.4. The Morgan fingerprint density at radius 2 is 1.09 bits per heavy atom. The van der Waals surface area contributed by atoms with E-state index in [2.05, 4.69) is 198 Å². The lowest BCUT2D eigenvalue weighted by Gasteiger charge is -2.42. The van der Waals surface area contributed by atoms with E-state index in [1.54, 1.807) is 11.3 Å². The number of hydrogen-bond acceptors (Lipinski definition) is 6. The van der Waals surface area contributed by atoms with Crippen molar-refractivity contribution in [3.63, 3.8) is 0 Å². The van der Waals surface area contributed by atoms with Crippen LogP contribution in [0.3, 0.4) is 0 Å². The summed E-state index contributed by atoms with van der Waals surface area (Å²) in [5.74, 6) is 2.24. The predicted octanol–water partition coefficient (Wildman–Crippen LogP) is 16.0. The summed E-state index contributed by atoms with van der Waals surface area (Å²) in [4.78, 5) is 21.5. The van der Waals surface area contributed by atoms with Crippen LogP contribution in [0.15, 0.2) is 200 Å². The van der Waals surface area contributed by atoms with Gasteiger partial charge in [-0.2, -0.15) is 4.57 Å². The highest BCUT2D eigenvalue weighted by atomic mass is 32.1. The molecule has 324 valence electrons. The van der Waals surface area contributed by atoms with E-state index in [1.165, 1.54) is 38.0 Å². The van der Waals surface area contributed by atoms with E-state index < -0.39 is 0 Å². The molecule has 0 bridgehead atoms. The Kier molecular flexibility index (Phi) is 10.1. The first-order chi connectivity index (χ1) is 33.1. The van der Waals surface area contributed by atoms with Gasteiger partial charge in [-0.15, -0.1) is 11.3 Å². The minimum Gasteiger partial charge on any atom is -0.306 e. The first-order valence-electron chi connectivity index (χ1n) is 23.5. The van der Waals surface area contributed by atoms with Crippen LogP contribution in [0.4, 0.5) is 34.1 Å². The molecule has 2 aliphatic heterocycles. The minimum absolute atomic E-state index is 0.0342. The van der Waals surface area contributed by atoms with Crippen molar-refractivity contribution in [1.82, 2.24) is 15.0 Å². The van der Waals surface area contributed by atoms with E-state index in [1.807, 2.05) is 36.4 Å². The van der Waals surface area contributed by atoms with Crippen LogP contribution in [0.5, 0.6) is 0 Å². The van der Waals surface area contributed by atoms with Gasteiger partial charge in [0, 0.05) is 57.8 Å². The predicted molar refractivity (Wildman–Crippen MR) is 277 cm³/mol. The molecule has 7 heteroatoms. The molecule has 10 aromatic rings. The molecule has 0 amide bonds. The molecule has 0 radical (unpaired) electrons. The van der Waals surface area contributed by atoms with Crippen molar-refractivity contribution in [3.8, 4) is 55.9 Å². The van der Waals surface area contributed by atoms with Gasteiger partial charge in [0.2, 0.25) is 5.69 Å². The summed E-state index contributed by atoms with van der Waals surface area (Å²) in [5, 5.41) is 4.69. The lowest BCUT2D eigenvalue weighted by Crippen LogP contribution is -2.62.